The van der Waals surface area contributed by atoms with Gasteiger partial charge in [0.25, 0.3) is 5.91 Å². The molecule has 0 saturated carbocycles. The third kappa shape index (κ3) is 6.70. The van der Waals surface area contributed by atoms with E-state index in [1.54, 1.807) is 13.3 Å². The Morgan fingerprint density at radius 3 is 2.66 bits per heavy atom. The van der Waals surface area contributed by atoms with E-state index in [0.717, 1.165) is 49.9 Å². The van der Waals surface area contributed by atoms with Gasteiger partial charge in [0.2, 0.25) is 0 Å². The first-order chi connectivity index (χ1) is 13.7. The highest BCUT2D eigenvalue weighted by atomic mass is 127. The number of nitrogens with zero attached hydrogens (tertiary/aromatic N) is 4. The van der Waals surface area contributed by atoms with E-state index in [1.807, 2.05) is 37.3 Å². The number of hydrogen-bond donors (Lipinski definition) is 2. The van der Waals surface area contributed by atoms with E-state index in [1.165, 1.54) is 0 Å². The molecule has 1 amide bonds. The maximum absolute atomic E-state index is 12.0. The monoisotopic (exact) mass is 512 g/mol. The maximum atomic E-state index is 12.0. The van der Waals surface area contributed by atoms with Crippen molar-refractivity contribution in [1.29, 1.82) is 0 Å². The summed E-state index contributed by atoms with van der Waals surface area (Å²) in [4.78, 5) is 21.0. The molecule has 0 spiro atoms. The summed E-state index contributed by atoms with van der Waals surface area (Å²) in [6.45, 7) is 7.66. The van der Waals surface area contributed by atoms with Crippen molar-refractivity contribution in [2.75, 3.05) is 39.8 Å². The molecule has 1 aromatic carbocycles. The molecule has 1 aliphatic heterocycles. The lowest BCUT2D eigenvalue weighted by atomic mass is 10.1. The summed E-state index contributed by atoms with van der Waals surface area (Å²) in [5.41, 5.74) is 2.69. The van der Waals surface area contributed by atoms with E-state index < -0.39 is 0 Å². The first-order valence-electron chi connectivity index (χ1n) is 9.64. The summed E-state index contributed by atoms with van der Waals surface area (Å²) >= 11 is 0. The fourth-order valence-electron chi connectivity index (χ4n) is 3.26. The molecule has 1 fully saturated rings. The van der Waals surface area contributed by atoms with Crippen LogP contribution in [0.4, 0.5) is 0 Å². The van der Waals surface area contributed by atoms with Crippen molar-refractivity contribution in [3.05, 3.63) is 53.4 Å². The van der Waals surface area contributed by atoms with Gasteiger partial charge < -0.3 is 20.1 Å². The number of aliphatic imine (C=N–C) groups is 1. The molecule has 0 aliphatic carbocycles. The third-order valence-corrected chi connectivity index (χ3v) is 4.74. The highest BCUT2D eigenvalue weighted by Gasteiger charge is 2.20. The molecule has 0 radical (unpaired) electrons. The second-order valence-electron chi connectivity index (χ2n) is 6.71. The lowest BCUT2D eigenvalue weighted by Gasteiger charge is -2.36. The predicted molar refractivity (Wildman–Crippen MR) is 123 cm³/mol. The minimum atomic E-state index is -0.0445. The number of piperazine rings is 1. The van der Waals surface area contributed by atoms with Gasteiger partial charge in [-0.25, -0.2) is 0 Å². The topological polar surface area (TPSA) is 86.0 Å². The van der Waals surface area contributed by atoms with Crippen molar-refractivity contribution in [1.82, 2.24) is 25.6 Å². The second-order valence-corrected chi connectivity index (χ2v) is 6.71. The summed E-state index contributed by atoms with van der Waals surface area (Å²) in [6, 6.07) is 9.58. The molecule has 8 nitrogen and oxygen atoms in total. The average molecular weight is 512 g/mol. The van der Waals surface area contributed by atoms with Gasteiger partial charge in [-0.3, -0.25) is 14.7 Å². The smallest absolute Gasteiger partial charge is 0.251 e. The van der Waals surface area contributed by atoms with Crippen molar-refractivity contribution < 1.29 is 9.32 Å². The van der Waals surface area contributed by atoms with Gasteiger partial charge in [0.15, 0.2) is 5.96 Å². The normalized spacial score (nSPS) is 15.0. The summed E-state index contributed by atoms with van der Waals surface area (Å²) in [5, 5.41) is 10.2. The molecule has 1 aromatic heterocycles. The molecule has 29 heavy (non-hydrogen) atoms. The minimum absolute atomic E-state index is 0. The number of nitrogens with one attached hydrogen (secondary N) is 2. The Labute approximate surface area is 188 Å². The van der Waals surface area contributed by atoms with Crippen LogP contribution in [0, 0.1) is 0 Å². The Hall–Kier alpha value is -2.14. The molecule has 2 N–H and O–H groups in total. The van der Waals surface area contributed by atoms with Crippen LogP contribution in [0.1, 0.15) is 28.5 Å². The van der Waals surface area contributed by atoms with E-state index in [9.17, 15) is 4.79 Å². The van der Waals surface area contributed by atoms with E-state index in [-0.39, 0.29) is 29.9 Å². The SMILES string of the molecule is CCNC(=O)c1cccc(CNC(=NC)N2CCN(Cc3ccon3)CC2)c1.I. The lowest BCUT2D eigenvalue weighted by molar-refractivity contribution is 0.0955. The standard InChI is InChI=1S/C20H28N6O2.HI/c1-3-22-19(27)17-6-4-5-16(13-17)14-23-20(21-2)26-10-8-25(9-11-26)15-18-7-12-28-24-18;/h4-7,12-13H,3,8-11,14-15H2,1-2H3,(H,21,23)(H,22,27);1H. The van der Waals surface area contributed by atoms with Gasteiger partial charge in [-0.15, -0.1) is 24.0 Å². The van der Waals surface area contributed by atoms with Crippen molar-refractivity contribution in [2.45, 2.75) is 20.0 Å². The molecule has 0 atom stereocenters. The molecule has 2 heterocycles. The van der Waals surface area contributed by atoms with Crippen LogP contribution in [0.15, 0.2) is 46.1 Å². The molecular formula is C20H29IN6O2. The predicted octanol–water partition coefficient (Wildman–Crippen LogP) is 1.94. The molecular weight excluding hydrogens is 483 g/mol. The third-order valence-electron chi connectivity index (χ3n) is 4.74. The number of carbonyl (C=O) groups excluding carboxylic acids is 1. The fraction of sp³-hybridized carbons (Fsp3) is 0.450. The van der Waals surface area contributed by atoms with Crippen LogP contribution >= 0.6 is 24.0 Å². The lowest BCUT2D eigenvalue weighted by Crippen LogP contribution is -2.52. The number of halogens is 1. The minimum Gasteiger partial charge on any atom is -0.364 e. The first kappa shape index (κ1) is 23.1. The molecule has 1 saturated heterocycles. The number of carbonyl (C=O) groups is 1. The Morgan fingerprint density at radius 2 is 2.00 bits per heavy atom. The van der Waals surface area contributed by atoms with Crippen molar-refractivity contribution in [2.24, 2.45) is 4.99 Å². The maximum Gasteiger partial charge on any atom is 0.251 e. The quantitative estimate of drug-likeness (QED) is 0.350. The van der Waals surface area contributed by atoms with Crippen LogP contribution in [0.3, 0.4) is 0 Å². The zero-order chi connectivity index (χ0) is 19.8. The largest absolute Gasteiger partial charge is 0.364 e. The van der Waals surface area contributed by atoms with E-state index >= 15 is 0 Å². The highest BCUT2D eigenvalue weighted by Crippen LogP contribution is 2.09. The van der Waals surface area contributed by atoms with Gasteiger partial charge in [-0.05, 0) is 24.6 Å². The number of hydrogen-bond acceptors (Lipinski definition) is 5. The summed E-state index contributed by atoms with van der Waals surface area (Å²) in [5.74, 6) is 0.835. The molecule has 0 unspecified atom stereocenters. The van der Waals surface area contributed by atoms with E-state index in [4.69, 9.17) is 4.52 Å². The molecule has 9 heteroatoms. The molecule has 2 aromatic rings. The van der Waals surface area contributed by atoms with Gasteiger partial charge in [-0.1, -0.05) is 17.3 Å². The van der Waals surface area contributed by atoms with Gasteiger partial charge in [-0.2, -0.15) is 0 Å². The Bertz CT molecular complexity index is 788. The Balaban J connectivity index is 0.00000300. The number of aromatic nitrogens is 1. The van der Waals surface area contributed by atoms with Crippen LogP contribution in [0.2, 0.25) is 0 Å². The Kier molecular flexibility index (Phi) is 9.39. The van der Waals surface area contributed by atoms with Crippen molar-refractivity contribution in [3.63, 3.8) is 0 Å². The summed E-state index contributed by atoms with van der Waals surface area (Å²) < 4.78 is 4.90. The second kappa shape index (κ2) is 11.8. The van der Waals surface area contributed by atoms with Gasteiger partial charge in [0.1, 0.15) is 6.26 Å². The number of rotatable bonds is 6. The number of benzene rings is 1. The summed E-state index contributed by atoms with van der Waals surface area (Å²) in [7, 11) is 1.80. The average Bonchev–Trinajstić information content (AvgIpc) is 3.23. The zero-order valence-electron chi connectivity index (χ0n) is 16.9. The fourth-order valence-corrected chi connectivity index (χ4v) is 3.26. The zero-order valence-corrected chi connectivity index (χ0v) is 19.3. The van der Waals surface area contributed by atoms with Crippen molar-refractivity contribution >= 4 is 35.8 Å². The van der Waals surface area contributed by atoms with Crippen LogP contribution in [0.5, 0.6) is 0 Å². The van der Waals surface area contributed by atoms with Crippen LogP contribution in [-0.2, 0) is 13.1 Å². The van der Waals surface area contributed by atoms with Crippen molar-refractivity contribution in [3.8, 4) is 0 Å². The van der Waals surface area contributed by atoms with E-state index in [0.29, 0.717) is 18.7 Å². The molecule has 1 aliphatic rings. The van der Waals surface area contributed by atoms with Crippen LogP contribution < -0.4 is 10.6 Å². The number of amides is 1. The van der Waals surface area contributed by atoms with E-state index in [2.05, 4.69) is 30.6 Å². The molecule has 0 bridgehead atoms. The van der Waals surface area contributed by atoms with Gasteiger partial charge in [0.05, 0.1) is 5.69 Å². The Morgan fingerprint density at radius 1 is 1.21 bits per heavy atom. The van der Waals surface area contributed by atoms with Gasteiger partial charge >= 0.3 is 0 Å². The van der Waals surface area contributed by atoms with Gasteiger partial charge in [0, 0.05) is 64.5 Å². The number of guanidine groups is 1. The molecule has 3 rings (SSSR count). The highest BCUT2D eigenvalue weighted by molar-refractivity contribution is 14.0. The van der Waals surface area contributed by atoms with Crippen LogP contribution in [-0.4, -0.2) is 66.6 Å². The first-order valence-corrected chi connectivity index (χ1v) is 9.64. The summed E-state index contributed by atoms with van der Waals surface area (Å²) in [6.07, 6.45) is 1.61. The van der Waals surface area contributed by atoms with Crippen LogP contribution in [0.25, 0.3) is 0 Å². The molecule has 158 valence electrons.